The number of thioether (sulfide) groups is 1. The molecule has 19 heavy (non-hydrogen) atoms. The average Bonchev–Trinajstić information content (AvgIpc) is 2.35. The quantitative estimate of drug-likeness (QED) is 0.783. The Kier molecular flexibility index (Phi) is 5.39. The van der Waals surface area contributed by atoms with Gasteiger partial charge in [-0.05, 0) is 25.1 Å². The van der Waals surface area contributed by atoms with Gasteiger partial charge in [-0.1, -0.05) is 26.0 Å². The van der Waals surface area contributed by atoms with Crippen LogP contribution in [0.4, 0.5) is 0 Å². The molecule has 0 fully saturated rings. The molecule has 0 spiro atoms. The van der Waals surface area contributed by atoms with Crippen molar-refractivity contribution in [2.75, 3.05) is 7.05 Å². The second-order valence-corrected chi connectivity index (χ2v) is 7.31. The molecular weight excluding hydrogens is 286 g/mol. The van der Waals surface area contributed by atoms with E-state index in [-0.39, 0.29) is 10.8 Å². The van der Waals surface area contributed by atoms with Gasteiger partial charge in [0, 0.05) is 4.90 Å². The molecule has 1 unspecified atom stereocenters. The average molecular weight is 303 g/mol. The molecule has 0 bridgehead atoms. The van der Waals surface area contributed by atoms with Gasteiger partial charge in [0.1, 0.15) is 5.25 Å². The Morgan fingerprint density at radius 1 is 1.32 bits per heavy atom. The van der Waals surface area contributed by atoms with Gasteiger partial charge in [0.05, 0.1) is 4.90 Å². The van der Waals surface area contributed by atoms with Crippen molar-refractivity contribution in [3.63, 3.8) is 0 Å². The van der Waals surface area contributed by atoms with Crippen LogP contribution in [0.1, 0.15) is 13.8 Å². The van der Waals surface area contributed by atoms with Crippen molar-refractivity contribution >= 4 is 27.8 Å². The van der Waals surface area contributed by atoms with Crippen LogP contribution in [0.3, 0.4) is 0 Å². The minimum Gasteiger partial charge on any atom is -0.480 e. The number of aliphatic carboxylic acids is 1. The van der Waals surface area contributed by atoms with E-state index in [0.717, 1.165) is 11.8 Å². The van der Waals surface area contributed by atoms with Crippen LogP contribution in [0.2, 0.25) is 0 Å². The van der Waals surface area contributed by atoms with Gasteiger partial charge >= 0.3 is 5.97 Å². The van der Waals surface area contributed by atoms with Crippen molar-refractivity contribution in [2.45, 2.75) is 28.9 Å². The van der Waals surface area contributed by atoms with Crippen LogP contribution in [0, 0.1) is 5.92 Å². The van der Waals surface area contributed by atoms with E-state index in [1.807, 2.05) is 0 Å². The number of hydrogen-bond acceptors (Lipinski definition) is 4. The highest BCUT2D eigenvalue weighted by Gasteiger charge is 2.26. The van der Waals surface area contributed by atoms with E-state index < -0.39 is 21.2 Å². The molecule has 1 aromatic carbocycles. The maximum Gasteiger partial charge on any atom is 0.317 e. The Hall–Kier alpha value is -1.05. The van der Waals surface area contributed by atoms with E-state index in [9.17, 15) is 13.2 Å². The Labute approximate surface area is 117 Å². The van der Waals surface area contributed by atoms with E-state index in [4.69, 9.17) is 5.11 Å². The largest absolute Gasteiger partial charge is 0.480 e. The van der Waals surface area contributed by atoms with Crippen LogP contribution in [0.25, 0.3) is 0 Å². The molecule has 7 heteroatoms. The van der Waals surface area contributed by atoms with Crippen molar-refractivity contribution in [1.29, 1.82) is 0 Å². The molecule has 0 heterocycles. The van der Waals surface area contributed by atoms with Gasteiger partial charge in [0.15, 0.2) is 0 Å². The molecule has 0 aliphatic carbocycles. The number of nitrogens with one attached hydrogen (secondary N) is 1. The monoisotopic (exact) mass is 303 g/mol. The summed E-state index contributed by atoms with van der Waals surface area (Å²) in [6.45, 7) is 3.59. The van der Waals surface area contributed by atoms with Crippen LogP contribution < -0.4 is 4.72 Å². The number of sulfonamides is 1. The van der Waals surface area contributed by atoms with Gasteiger partial charge in [-0.15, -0.1) is 11.8 Å². The topological polar surface area (TPSA) is 83.5 Å². The van der Waals surface area contributed by atoms with Gasteiger partial charge in [0.25, 0.3) is 0 Å². The van der Waals surface area contributed by atoms with E-state index in [2.05, 4.69) is 4.72 Å². The molecular formula is C12H17NO4S2. The molecule has 0 radical (unpaired) electrons. The van der Waals surface area contributed by atoms with Crippen molar-refractivity contribution in [3.8, 4) is 0 Å². The highest BCUT2D eigenvalue weighted by Crippen LogP contribution is 2.32. The zero-order chi connectivity index (χ0) is 14.6. The minimum absolute atomic E-state index is 0.104. The van der Waals surface area contributed by atoms with Crippen LogP contribution in [0.5, 0.6) is 0 Å². The predicted octanol–water partition coefficient (Wildman–Crippen LogP) is 1.80. The fraction of sp³-hybridized carbons (Fsp3) is 0.417. The van der Waals surface area contributed by atoms with Crippen molar-refractivity contribution in [1.82, 2.24) is 4.72 Å². The normalized spacial score (nSPS) is 13.5. The van der Waals surface area contributed by atoms with E-state index in [0.29, 0.717) is 4.90 Å². The summed E-state index contributed by atoms with van der Waals surface area (Å²) in [5, 5.41) is 8.48. The van der Waals surface area contributed by atoms with Gasteiger partial charge in [0.2, 0.25) is 10.0 Å². The second kappa shape index (κ2) is 6.40. The third-order valence-electron chi connectivity index (χ3n) is 2.51. The summed E-state index contributed by atoms with van der Waals surface area (Å²) >= 11 is 1.06. The highest BCUT2D eigenvalue weighted by atomic mass is 32.2. The molecule has 1 rings (SSSR count). The van der Waals surface area contributed by atoms with Crippen LogP contribution in [-0.4, -0.2) is 31.8 Å². The first kappa shape index (κ1) is 16.0. The maximum atomic E-state index is 11.9. The third kappa shape index (κ3) is 3.95. The van der Waals surface area contributed by atoms with Crippen molar-refractivity contribution < 1.29 is 18.3 Å². The van der Waals surface area contributed by atoms with Gasteiger partial charge in [-0.2, -0.15) is 0 Å². The molecule has 1 aromatic rings. The first-order valence-corrected chi connectivity index (χ1v) is 8.08. The molecule has 0 saturated heterocycles. The van der Waals surface area contributed by atoms with Crippen molar-refractivity contribution in [2.24, 2.45) is 5.92 Å². The van der Waals surface area contributed by atoms with Crippen LogP contribution in [-0.2, 0) is 14.8 Å². The Morgan fingerprint density at radius 3 is 2.37 bits per heavy atom. The smallest absolute Gasteiger partial charge is 0.317 e. The molecule has 0 saturated carbocycles. The first-order chi connectivity index (χ1) is 8.79. The molecule has 0 aliphatic heterocycles. The Balaban J connectivity index is 3.19. The number of carboxylic acid groups (broad SMARTS) is 1. The third-order valence-corrected chi connectivity index (χ3v) is 5.72. The minimum atomic E-state index is -3.59. The second-order valence-electron chi connectivity index (χ2n) is 4.28. The van der Waals surface area contributed by atoms with E-state index in [1.54, 1.807) is 32.0 Å². The zero-order valence-electron chi connectivity index (χ0n) is 11.0. The highest BCUT2D eigenvalue weighted by molar-refractivity contribution is 8.01. The number of carbonyl (C=O) groups is 1. The summed E-state index contributed by atoms with van der Waals surface area (Å²) in [6, 6.07) is 6.39. The number of rotatable bonds is 6. The fourth-order valence-electron chi connectivity index (χ4n) is 1.49. The molecule has 2 N–H and O–H groups in total. The molecule has 106 valence electrons. The van der Waals surface area contributed by atoms with E-state index in [1.165, 1.54) is 13.1 Å². The maximum absolute atomic E-state index is 11.9. The standard InChI is InChI=1S/C12H17NO4S2/c1-8(2)11(12(14)15)18-9-6-4-5-7-10(9)19(16,17)13-3/h4-8,11,13H,1-3H3,(H,14,15). The van der Waals surface area contributed by atoms with Crippen LogP contribution >= 0.6 is 11.8 Å². The Bertz CT molecular complexity index is 555. The van der Waals surface area contributed by atoms with Gasteiger partial charge < -0.3 is 5.11 Å². The lowest BCUT2D eigenvalue weighted by atomic mass is 10.1. The fourth-order valence-corrected chi connectivity index (χ4v) is 3.76. The Morgan fingerprint density at radius 2 is 1.89 bits per heavy atom. The molecule has 1 atom stereocenters. The summed E-state index contributed by atoms with van der Waals surface area (Å²) in [5.41, 5.74) is 0. The number of hydrogen-bond donors (Lipinski definition) is 2. The lowest BCUT2D eigenvalue weighted by Crippen LogP contribution is -2.24. The summed E-state index contributed by atoms with van der Waals surface area (Å²) in [7, 11) is -2.26. The predicted molar refractivity (Wildman–Crippen MR) is 74.8 cm³/mol. The van der Waals surface area contributed by atoms with Crippen LogP contribution in [0.15, 0.2) is 34.1 Å². The van der Waals surface area contributed by atoms with Gasteiger partial charge in [-0.25, -0.2) is 13.1 Å². The summed E-state index contributed by atoms with van der Waals surface area (Å²) in [6.07, 6.45) is 0. The molecule has 0 aromatic heterocycles. The van der Waals surface area contributed by atoms with E-state index >= 15 is 0 Å². The summed E-state index contributed by atoms with van der Waals surface area (Å²) in [5.74, 6) is -1.05. The summed E-state index contributed by atoms with van der Waals surface area (Å²) < 4.78 is 26.0. The lowest BCUT2D eigenvalue weighted by Gasteiger charge is -2.17. The number of carboxylic acids is 1. The molecule has 0 amide bonds. The molecule has 5 nitrogen and oxygen atoms in total. The zero-order valence-corrected chi connectivity index (χ0v) is 12.6. The van der Waals surface area contributed by atoms with Crippen molar-refractivity contribution in [3.05, 3.63) is 24.3 Å². The SMILES string of the molecule is CNS(=O)(=O)c1ccccc1SC(C(=O)O)C(C)C. The number of benzene rings is 1. The lowest BCUT2D eigenvalue weighted by molar-refractivity contribution is -0.137. The summed E-state index contributed by atoms with van der Waals surface area (Å²) in [4.78, 5) is 11.7. The first-order valence-electron chi connectivity index (χ1n) is 5.71. The van der Waals surface area contributed by atoms with Gasteiger partial charge in [-0.3, -0.25) is 4.79 Å². The molecule has 0 aliphatic rings.